The Kier molecular flexibility index (Phi) is 5.18. The summed E-state index contributed by atoms with van der Waals surface area (Å²) in [7, 11) is 4.09. The van der Waals surface area contributed by atoms with Gasteiger partial charge in [0, 0.05) is 31.5 Å². The van der Waals surface area contributed by atoms with Crippen molar-refractivity contribution in [1.29, 1.82) is 0 Å². The summed E-state index contributed by atoms with van der Waals surface area (Å²) in [5.41, 5.74) is 2.82. The van der Waals surface area contributed by atoms with E-state index in [9.17, 15) is 4.79 Å². The Labute approximate surface area is 149 Å². The second-order valence-electron chi connectivity index (χ2n) is 7.24. The number of rotatable bonds is 5. The lowest BCUT2D eigenvalue weighted by Crippen LogP contribution is -2.33. The van der Waals surface area contributed by atoms with Crippen LogP contribution in [-0.2, 0) is 6.54 Å². The minimum Gasteiger partial charge on any atom is -0.329 e. The zero-order valence-electron chi connectivity index (χ0n) is 15.5. The average Bonchev–Trinajstić information content (AvgIpc) is 3.24. The summed E-state index contributed by atoms with van der Waals surface area (Å²) in [5.74, 6) is 0.0490. The molecule has 2 aromatic heterocycles. The van der Waals surface area contributed by atoms with Gasteiger partial charge in [-0.15, -0.1) is 0 Å². The van der Waals surface area contributed by atoms with E-state index in [1.54, 1.807) is 10.9 Å². The average molecular weight is 341 g/mol. The van der Waals surface area contributed by atoms with Crippen molar-refractivity contribution in [3.8, 4) is 0 Å². The minimum atomic E-state index is 0.0490. The Balaban J connectivity index is 1.80. The van der Waals surface area contributed by atoms with Crippen LogP contribution >= 0.6 is 0 Å². The maximum atomic E-state index is 13.1. The van der Waals surface area contributed by atoms with Gasteiger partial charge in [0.15, 0.2) is 0 Å². The molecule has 1 aliphatic rings. The summed E-state index contributed by atoms with van der Waals surface area (Å²) in [6.45, 7) is 5.72. The van der Waals surface area contributed by atoms with Crippen LogP contribution in [0, 0.1) is 0 Å². The summed E-state index contributed by atoms with van der Waals surface area (Å²) in [6.07, 6.45) is 5.59. The standard InChI is InChI=1S/C19H27N5O/c1-14(2)24-18(9-10-21-24)19(25)23-11-5-6-17(23)16-8-7-15(12-20-16)13-22(3)4/h7-10,12,14,17H,5-6,11,13H2,1-4H3/t17-/m0/s1. The van der Waals surface area contributed by atoms with Gasteiger partial charge in [-0.3, -0.25) is 14.5 Å². The first-order chi connectivity index (χ1) is 12.0. The maximum absolute atomic E-state index is 13.1. The topological polar surface area (TPSA) is 54.3 Å². The van der Waals surface area contributed by atoms with Gasteiger partial charge in [-0.25, -0.2) is 0 Å². The van der Waals surface area contributed by atoms with Crippen LogP contribution in [0.1, 0.15) is 60.5 Å². The second-order valence-corrected chi connectivity index (χ2v) is 7.24. The normalized spacial score (nSPS) is 17.7. The molecular weight excluding hydrogens is 314 g/mol. The van der Waals surface area contributed by atoms with Crippen LogP contribution < -0.4 is 0 Å². The molecule has 0 radical (unpaired) electrons. The van der Waals surface area contributed by atoms with Crippen molar-refractivity contribution in [3.05, 3.63) is 47.5 Å². The van der Waals surface area contributed by atoms with Gasteiger partial charge >= 0.3 is 0 Å². The molecule has 0 aliphatic carbocycles. The summed E-state index contributed by atoms with van der Waals surface area (Å²) in [6, 6.07) is 6.21. The Morgan fingerprint density at radius 3 is 2.76 bits per heavy atom. The van der Waals surface area contributed by atoms with Crippen molar-refractivity contribution in [1.82, 2.24) is 24.6 Å². The number of likely N-dealkylation sites (tertiary alicyclic amines) is 1. The molecule has 0 bridgehead atoms. The lowest BCUT2D eigenvalue weighted by Gasteiger charge is -2.25. The Bertz CT molecular complexity index is 720. The highest BCUT2D eigenvalue weighted by molar-refractivity contribution is 5.93. The van der Waals surface area contributed by atoms with Crippen molar-refractivity contribution in [3.63, 3.8) is 0 Å². The Hall–Kier alpha value is -2.21. The van der Waals surface area contributed by atoms with Gasteiger partial charge in [-0.05, 0) is 58.5 Å². The van der Waals surface area contributed by atoms with Gasteiger partial charge in [0.05, 0.1) is 11.7 Å². The number of nitrogens with zero attached hydrogens (tertiary/aromatic N) is 5. The molecule has 0 unspecified atom stereocenters. The first-order valence-electron chi connectivity index (χ1n) is 8.91. The van der Waals surface area contributed by atoms with Gasteiger partial charge < -0.3 is 9.80 Å². The quantitative estimate of drug-likeness (QED) is 0.839. The molecule has 1 atom stereocenters. The van der Waals surface area contributed by atoms with E-state index in [0.29, 0.717) is 5.69 Å². The first kappa shape index (κ1) is 17.6. The fourth-order valence-electron chi connectivity index (χ4n) is 3.45. The number of carbonyl (C=O) groups is 1. The monoisotopic (exact) mass is 341 g/mol. The molecule has 0 spiro atoms. The maximum Gasteiger partial charge on any atom is 0.272 e. The van der Waals surface area contributed by atoms with E-state index in [0.717, 1.165) is 31.6 Å². The molecule has 0 N–H and O–H groups in total. The molecule has 134 valence electrons. The van der Waals surface area contributed by atoms with Crippen molar-refractivity contribution in [2.45, 2.75) is 45.3 Å². The number of aromatic nitrogens is 3. The van der Waals surface area contributed by atoms with Gasteiger partial charge in [-0.2, -0.15) is 5.10 Å². The molecular formula is C19H27N5O. The predicted octanol–water partition coefficient (Wildman–Crippen LogP) is 2.90. The van der Waals surface area contributed by atoms with Gasteiger partial charge in [-0.1, -0.05) is 6.07 Å². The Morgan fingerprint density at radius 1 is 1.32 bits per heavy atom. The minimum absolute atomic E-state index is 0.0490. The van der Waals surface area contributed by atoms with Crippen LogP contribution in [0.25, 0.3) is 0 Å². The molecule has 3 rings (SSSR count). The second kappa shape index (κ2) is 7.35. The SMILES string of the molecule is CC(C)n1nccc1C(=O)N1CCC[C@H]1c1ccc(CN(C)C)cn1. The van der Waals surface area contributed by atoms with Crippen LogP contribution in [-0.4, -0.2) is 51.1 Å². The van der Waals surface area contributed by atoms with E-state index in [-0.39, 0.29) is 18.0 Å². The van der Waals surface area contributed by atoms with Crippen molar-refractivity contribution >= 4 is 5.91 Å². The molecule has 1 saturated heterocycles. The van der Waals surface area contributed by atoms with Crippen molar-refractivity contribution in [2.24, 2.45) is 0 Å². The lowest BCUT2D eigenvalue weighted by atomic mass is 10.1. The molecule has 25 heavy (non-hydrogen) atoms. The van der Waals surface area contributed by atoms with Crippen LogP contribution in [0.2, 0.25) is 0 Å². The molecule has 3 heterocycles. The van der Waals surface area contributed by atoms with Crippen LogP contribution in [0.5, 0.6) is 0 Å². The Morgan fingerprint density at radius 2 is 2.12 bits per heavy atom. The van der Waals surface area contributed by atoms with Crippen molar-refractivity contribution in [2.75, 3.05) is 20.6 Å². The third kappa shape index (κ3) is 3.74. The highest BCUT2D eigenvalue weighted by Crippen LogP contribution is 2.32. The third-order valence-electron chi connectivity index (χ3n) is 4.58. The van der Waals surface area contributed by atoms with E-state index in [1.807, 2.05) is 45.1 Å². The smallest absolute Gasteiger partial charge is 0.272 e. The molecule has 0 aromatic carbocycles. The number of hydrogen-bond donors (Lipinski definition) is 0. The van der Waals surface area contributed by atoms with E-state index in [4.69, 9.17) is 0 Å². The van der Waals surface area contributed by atoms with Crippen LogP contribution in [0.15, 0.2) is 30.6 Å². The van der Waals surface area contributed by atoms with Gasteiger partial charge in [0.2, 0.25) is 0 Å². The number of hydrogen-bond acceptors (Lipinski definition) is 4. The fourth-order valence-corrected chi connectivity index (χ4v) is 3.45. The summed E-state index contributed by atoms with van der Waals surface area (Å²) < 4.78 is 1.80. The highest BCUT2D eigenvalue weighted by Gasteiger charge is 2.33. The number of amides is 1. The third-order valence-corrected chi connectivity index (χ3v) is 4.58. The molecule has 2 aromatic rings. The molecule has 1 fully saturated rings. The van der Waals surface area contributed by atoms with Crippen LogP contribution in [0.4, 0.5) is 0 Å². The van der Waals surface area contributed by atoms with E-state index in [2.05, 4.69) is 27.1 Å². The van der Waals surface area contributed by atoms with Gasteiger partial charge in [0.25, 0.3) is 5.91 Å². The number of pyridine rings is 1. The largest absolute Gasteiger partial charge is 0.329 e. The summed E-state index contributed by atoms with van der Waals surface area (Å²) >= 11 is 0. The molecule has 1 aliphatic heterocycles. The number of carbonyl (C=O) groups excluding carboxylic acids is 1. The lowest BCUT2D eigenvalue weighted by molar-refractivity contribution is 0.0718. The summed E-state index contributed by atoms with van der Waals surface area (Å²) in [4.78, 5) is 21.8. The van der Waals surface area contributed by atoms with E-state index in [1.165, 1.54) is 5.56 Å². The predicted molar refractivity (Wildman–Crippen MR) is 97.3 cm³/mol. The molecule has 6 heteroatoms. The molecule has 0 saturated carbocycles. The summed E-state index contributed by atoms with van der Waals surface area (Å²) in [5, 5.41) is 4.29. The van der Waals surface area contributed by atoms with E-state index < -0.39 is 0 Å². The van der Waals surface area contributed by atoms with Crippen LogP contribution in [0.3, 0.4) is 0 Å². The zero-order valence-corrected chi connectivity index (χ0v) is 15.5. The molecule has 1 amide bonds. The molecule has 6 nitrogen and oxygen atoms in total. The van der Waals surface area contributed by atoms with E-state index >= 15 is 0 Å². The zero-order chi connectivity index (χ0) is 18.0. The van der Waals surface area contributed by atoms with Gasteiger partial charge in [0.1, 0.15) is 5.69 Å². The highest BCUT2D eigenvalue weighted by atomic mass is 16.2. The first-order valence-corrected chi connectivity index (χ1v) is 8.91. The fraction of sp³-hybridized carbons (Fsp3) is 0.526. The van der Waals surface area contributed by atoms with Crippen molar-refractivity contribution < 1.29 is 4.79 Å².